The van der Waals surface area contributed by atoms with Gasteiger partial charge in [0.05, 0.1) is 17.0 Å². The van der Waals surface area contributed by atoms with Crippen molar-refractivity contribution in [2.75, 3.05) is 6.54 Å². The van der Waals surface area contributed by atoms with Crippen LogP contribution in [0.25, 0.3) is 11.4 Å². The Morgan fingerprint density at radius 3 is 2.66 bits per heavy atom. The Morgan fingerprint density at radius 1 is 1.03 bits per heavy atom. The van der Waals surface area contributed by atoms with Crippen LogP contribution in [-0.4, -0.2) is 34.5 Å². The molecule has 0 aliphatic heterocycles. The van der Waals surface area contributed by atoms with Crippen LogP contribution in [0, 0.1) is 18.6 Å². The predicted octanol–water partition coefficient (Wildman–Crippen LogP) is 5.13. The minimum absolute atomic E-state index is 0.0372. The van der Waals surface area contributed by atoms with Gasteiger partial charge in [-0.3, -0.25) is 14.6 Å². The number of aldehydes is 1. The van der Waals surface area contributed by atoms with Crippen LogP contribution in [0.4, 0.5) is 8.78 Å². The zero-order chi connectivity index (χ0) is 27.1. The van der Waals surface area contributed by atoms with E-state index in [0.717, 1.165) is 11.8 Å². The molecule has 0 fully saturated rings. The van der Waals surface area contributed by atoms with E-state index in [2.05, 4.69) is 15.3 Å². The van der Waals surface area contributed by atoms with Gasteiger partial charge >= 0.3 is 0 Å². The summed E-state index contributed by atoms with van der Waals surface area (Å²) in [6, 6.07) is 13.6. The maximum atomic E-state index is 14.8. The quantitative estimate of drug-likeness (QED) is 0.212. The molecule has 9 heteroatoms. The highest BCUT2D eigenvalue weighted by atomic mass is 19.1. The molecule has 2 aromatic heterocycles. The molecule has 38 heavy (non-hydrogen) atoms. The van der Waals surface area contributed by atoms with Crippen LogP contribution in [-0.2, 0) is 22.4 Å². The van der Waals surface area contributed by atoms with E-state index in [0.29, 0.717) is 33.8 Å². The number of nitrogens with zero attached hydrogens (tertiary/aromatic N) is 1. The summed E-state index contributed by atoms with van der Waals surface area (Å²) in [4.78, 5) is 42.2. The second-order valence-corrected chi connectivity index (χ2v) is 8.74. The minimum Gasteiger partial charge on any atom is -0.454 e. The lowest BCUT2D eigenvalue weighted by molar-refractivity contribution is -0.117. The monoisotopic (exact) mass is 517 g/mol. The summed E-state index contributed by atoms with van der Waals surface area (Å²) in [6.07, 6.45) is 3.85. The molecular weight excluding hydrogens is 492 g/mol. The molecule has 0 saturated carbocycles. The van der Waals surface area contributed by atoms with Crippen molar-refractivity contribution in [1.29, 1.82) is 0 Å². The van der Waals surface area contributed by atoms with Gasteiger partial charge < -0.3 is 19.8 Å². The number of aryl methyl sites for hydroxylation is 1. The lowest BCUT2D eigenvalue weighted by atomic mass is 10.0. The second kappa shape index (κ2) is 12.1. The normalized spacial score (nSPS) is 10.7. The Morgan fingerprint density at radius 2 is 1.87 bits per heavy atom. The van der Waals surface area contributed by atoms with Gasteiger partial charge in [-0.25, -0.2) is 8.78 Å². The standard InChI is InChI=1S/C29H25F2N3O4/c1-18-3-5-24(30)20(11-18)14-22(36)12-19-4-6-28(25(31)13-19)38-23-7-9-32-27(16-23)26-15-21(17-34-26)29(37)33-8-2-10-35/h3-7,9-11,13,15-17,34H,2,8,12,14H2,1H3,(H,33,37). The smallest absolute Gasteiger partial charge is 0.252 e. The van der Waals surface area contributed by atoms with Gasteiger partial charge in [0, 0.05) is 44.3 Å². The molecule has 4 aromatic rings. The summed E-state index contributed by atoms with van der Waals surface area (Å²) >= 11 is 0. The number of ketones is 1. The number of aromatic nitrogens is 2. The van der Waals surface area contributed by atoms with Gasteiger partial charge in [-0.2, -0.15) is 0 Å². The summed E-state index contributed by atoms with van der Waals surface area (Å²) in [6.45, 7) is 2.06. The lowest BCUT2D eigenvalue weighted by Gasteiger charge is -2.09. The van der Waals surface area contributed by atoms with Gasteiger partial charge in [-0.05, 0) is 48.4 Å². The number of carbonyl (C=O) groups is 3. The second-order valence-electron chi connectivity index (χ2n) is 8.74. The highest BCUT2D eigenvalue weighted by molar-refractivity contribution is 5.95. The summed E-state index contributed by atoms with van der Waals surface area (Å²) in [5, 5.41) is 2.63. The van der Waals surface area contributed by atoms with Crippen molar-refractivity contribution in [3.8, 4) is 22.9 Å². The SMILES string of the molecule is Cc1ccc(F)c(CC(=O)Cc2ccc(Oc3ccnc(-c4cc(C(=O)NCCC=O)c[nH]4)c3)c(F)c2)c1. The third-order valence-electron chi connectivity index (χ3n) is 5.71. The number of carbonyl (C=O) groups excluding carboxylic acids is 3. The first-order valence-corrected chi connectivity index (χ1v) is 11.9. The average Bonchev–Trinajstić information content (AvgIpc) is 3.39. The Labute approximate surface area is 217 Å². The van der Waals surface area contributed by atoms with Gasteiger partial charge in [0.15, 0.2) is 11.6 Å². The fourth-order valence-electron chi connectivity index (χ4n) is 3.85. The van der Waals surface area contributed by atoms with E-state index < -0.39 is 11.6 Å². The molecule has 2 heterocycles. The Balaban J connectivity index is 1.40. The molecule has 0 bridgehead atoms. The van der Waals surface area contributed by atoms with E-state index in [4.69, 9.17) is 4.74 Å². The number of amides is 1. The molecule has 194 valence electrons. The average molecular weight is 518 g/mol. The fourth-order valence-corrected chi connectivity index (χ4v) is 3.85. The Kier molecular flexibility index (Phi) is 8.37. The number of benzene rings is 2. The zero-order valence-electron chi connectivity index (χ0n) is 20.6. The Bertz CT molecular complexity index is 1480. The lowest BCUT2D eigenvalue weighted by Crippen LogP contribution is -2.24. The number of ether oxygens (including phenoxy) is 1. The molecule has 0 unspecified atom stereocenters. The third kappa shape index (κ3) is 6.76. The van der Waals surface area contributed by atoms with E-state index in [1.807, 2.05) is 6.92 Å². The van der Waals surface area contributed by atoms with Crippen molar-refractivity contribution in [1.82, 2.24) is 15.3 Å². The van der Waals surface area contributed by atoms with Crippen molar-refractivity contribution in [2.24, 2.45) is 0 Å². The molecule has 0 radical (unpaired) electrons. The Hall–Kier alpha value is -4.66. The van der Waals surface area contributed by atoms with Crippen LogP contribution >= 0.6 is 0 Å². The first-order valence-electron chi connectivity index (χ1n) is 11.9. The van der Waals surface area contributed by atoms with Crippen LogP contribution in [0.15, 0.2) is 67.0 Å². The highest BCUT2D eigenvalue weighted by Crippen LogP contribution is 2.28. The van der Waals surface area contributed by atoms with Crippen LogP contribution in [0.5, 0.6) is 11.5 Å². The number of hydrogen-bond acceptors (Lipinski definition) is 5. The van der Waals surface area contributed by atoms with Gasteiger partial charge in [0.25, 0.3) is 5.91 Å². The van der Waals surface area contributed by atoms with Crippen LogP contribution in [0.2, 0.25) is 0 Å². The number of Topliss-reactive ketones (excluding diaryl/α,β-unsaturated/α-hetero) is 1. The summed E-state index contributed by atoms with van der Waals surface area (Å²) in [5.74, 6) is -1.37. The number of H-pyrrole nitrogens is 1. The molecular formula is C29H25F2N3O4. The predicted molar refractivity (Wildman–Crippen MR) is 137 cm³/mol. The number of aromatic amines is 1. The van der Waals surface area contributed by atoms with Gasteiger partial charge in [-0.15, -0.1) is 0 Å². The van der Waals surface area contributed by atoms with Crippen LogP contribution in [0.3, 0.4) is 0 Å². The first-order chi connectivity index (χ1) is 18.3. The van der Waals surface area contributed by atoms with E-state index in [9.17, 15) is 23.2 Å². The summed E-state index contributed by atoms with van der Waals surface area (Å²) in [5.41, 5.74) is 3.02. The zero-order valence-corrected chi connectivity index (χ0v) is 20.6. The number of pyridine rings is 1. The first kappa shape index (κ1) is 26.4. The minimum atomic E-state index is -0.649. The molecule has 1 amide bonds. The largest absolute Gasteiger partial charge is 0.454 e. The molecule has 0 aliphatic carbocycles. The van der Waals surface area contributed by atoms with E-state index >= 15 is 0 Å². The van der Waals surface area contributed by atoms with E-state index in [-0.39, 0.29) is 43.2 Å². The summed E-state index contributed by atoms with van der Waals surface area (Å²) in [7, 11) is 0. The maximum absolute atomic E-state index is 14.8. The fraction of sp³-hybridized carbons (Fsp3) is 0.172. The van der Waals surface area contributed by atoms with Gasteiger partial charge in [0.2, 0.25) is 0 Å². The molecule has 0 aliphatic rings. The van der Waals surface area contributed by atoms with E-state index in [1.165, 1.54) is 30.6 Å². The summed E-state index contributed by atoms with van der Waals surface area (Å²) < 4.78 is 34.4. The maximum Gasteiger partial charge on any atom is 0.252 e. The molecule has 4 rings (SSSR count). The third-order valence-corrected chi connectivity index (χ3v) is 5.71. The van der Waals surface area contributed by atoms with Crippen molar-refractivity contribution in [2.45, 2.75) is 26.2 Å². The van der Waals surface area contributed by atoms with Crippen molar-refractivity contribution in [3.05, 3.63) is 101 Å². The molecule has 2 aromatic carbocycles. The number of hydrogen-bond donors (Lipinski definition) is 2. The van der Waals surface area contributed by atoms with Gasteiger partial charge in [0.1, 0.15) is 23.6 Å². The van der Waals surface area contributed by atoms with Gasteiger partial charge in [-0.1, -0.05) is 23.8 Å². The van der Waals surface area contributed by atoms with Crippen LogP contribution in [0.1, 0.15) is 33.5 Å². The number of rotatable bonds is 11. The molecule has 2 N–H and O–H groups in total. The van der Waals surface area contributed by atoms with Crippen LogP contribution < -0.4 is 10.1 Å². The van der Waals surface area contributed by atoms with Crippen molar-refractivity contribution >= 4 is 18.0 Å². The topological polar surface area (TPSA) is 101 Å². The van der Waals surface area contributed by atoms with Crippen molar-refractivity contribution in [3.63, 3.8) is 0 Å². The van der Waals surface area contributed by atoms with Crippen molar-refractivity contribution < 1.29 is 27.9 Å². The molecule has 7 nitrogen and oxygen atoms in total. The molecule has 0 spiro atoms. The molecule has 0 atom stereocenters. The van der Waals surface area contributed by atoms with E-state index in [1.54, 1.807) is 36.4 Å². The number of halogens is 2. The highest BCUT2D eigenvalue weighted by Gasteiger charge is 2.14. The molecule has 0 saturated heterocycles. The number of nitrogens with one attached hydrogen (secondary N) is 2.